The Kier molecular flexibility index (Phi) is 4.04. The van der Waals surface area contributed by atoms with E-state index >= 15 is 0 Å². The minimum atomic E-state index is -0.0531. The van der Waals surface area contributed by atoms with Crippen LogP contribution in [0.15, 0.2) is 30.9 Å². The Balaban J connectivity index is 1.71. The lowest BCUT2D eigenvalue weighted by Crippen LogP contribution is -2.41. The lowest BCUT2D eigenvalue weighted by atomic mass is 10.1. The first-order chi connectivity index (χ1) is 10.6. The molecule has 0 aliphatic carbocycles. The molecule has 0 N–H and O–H groups in total. The zero-order valence-electron chi connectivity index (χ0n) is 12.9. The highest BCUT2D eigenvalue weighted by molar-refractivity contribution is 5.92. The predicted molar refractivity (Wildman–Crippen MR) is 82.8 cm³/mol. The Morgan fingerprint density at radius 3 is 2.82 bits per heavy atom. The summed E-state index contributed by atoms with van der Waals surface area (Å²) in [6.07, 6.45) is 7.57. The van der Waals surface area contributed by atoms with E-state index in [0.717, 1.165) is 25.2 Å². The molecule has 1 amide bonds. The molecular weight excluding hydrogens is 280 g/mol. The van der Waals surface area contributed by atoms with Crippen LogP contribution in [0, 0.1) is 0 Å². The van der Waals surface area contributed by atoms with Gasteiger partial charge in [0.1, 0.15) is 0 Å². The number of imidazole rings is 1. The van der Waals surface area contributed by atoms with Gasteiger partial charge in [-0.3, -0.25) is 4.79 Å². The molecule has 1 aliphatic heterocycles. The molecule has 2 aromatic rings. The van der Waals surface area contributed by atoms with E-state index in [1.165, 1.54) is 0 Å². The Bertz CT molecular complexity index is 622. The summed E-state index contributed by atoms with van der Waals surface area (Å²) in [4.78, 5) is 20.4. The third-order valence-corrected chi connectivity index (χ3v) is 3.96. The van der Waals surface area contributed by atoms with Crippen LogP contribution in [0.5, 0.6) is 0 Å². The van der Waals surface area contributed by atoms with Crippen molar-refractivity contribution in [1.29, 1.82) is 0 Å². The van der Waals surface area contributed by atoms with Crippen LogP contribution in [0.4, 0.5) is 5.82 Å². The molecule has 22 heavy (non-hydrogen) atoms. The average molecular weight is 300 g/mol. The van der Waals surface area contributed by atoms with Crippen LogP contribution in [0.25, 0.3) is 0 Å². The van der Waals surface area contributed by atoms with Crippen LogP contribution in [-0.4, -0.2) is 57.7 Å². The van der Waals surface area contributed by atoms with Gasteiger partial charge in [0, 0.05) is 39.6 Å². The summed E-state index contributed by atoms with van der Waals surface area (Å²) in [5.74, 6) is 0.689. The monoisotopic (exact) mass is 300 g/mol. The summed E-state index contributed by atoms with van der Waals surface area (Å²) in [6.45, 7) is 1.45. The van der Waals surface area contributed by atoms with Crippen molar-refractivity contribution in [3.8, 4) is 0 Å². The summed E-state index contributed by atoms with van der Waals surface area (Å²) >= 11 is 0. The van der Waals surface area contributed by atoms with Crippen molar-refractivity contribution in [3.63, 3.8) is 0 Å². The number of hydrogen-bond acceptors (Lipinski definition) is 5. The predicted octanol–water partition coefficient (Wildman–Crippen LogP) is 1.22. The van der Waals surface area contributed by atoms with Gasteiger partial charge in [-0.25, -0.2) is 4.98 Å². The number of nitrogens with zero attached hydrogens (tertiary/aromatic N) is 6. The lowest BCUT2D eigenvalue weighted by Gasteiger charge is -2.33. The highest BCUT2D eigenvalue weighted by atomic mass is 16.2. The number of likely N-dealkylation sites (tertiary alicyclic amines) is 1. The topological polar surface area (TPSA) is 67.2 Å². The van der Waals surface area contributed by atoms with Gasteiger partial charge in [0.15, 0.2) is 11.5 Å². The van der Waals surface area contributed by atoms with E-state index in [4.69, 9.17) is 0 Å². The first kappa shape index (κ1) is 14.5. The zero-order chi connectivity index (χ0) is 15.5. The van der Waals surface area contributed by atoms with Crippen molar-refractivity contribution in [2.45, 2.75) is 18.9 Å². The number of carbonyl (C=O) groups is 1. The molecule has 1 aliphatic rings. The number of carbonyl (C=O) groups excluding carboxylic acids is 1. The van der Waals surface area contributed by atoms with Crippen molar-refractivity contribution >= 4 is 11.7 Å². The SMILES string of the molecule is CN(C)c1ccc(C(=O)N2CCCC(n3ccnc3)C2)nn1. The summed E-state index contributed by atoms with van der Waals surface area (Å²) in [7, 11) is 3.79. The highest BCUT2D eigenvalue weighted by Crippen LogP contribution is 2.22. The molecule has 0 radical (unpaired) electrons. The Morgan fingerprint density at radius 2 is 2.18 bits per heavy atom. The van der Waals surface area contributed by atoms with Crippen LogP contribution in [0.1, 0.15) is 29.4 Å². The largest absolute Gasteiger partial charge is 0.361 e. The van der Waals surface area contributed by atoms with E-state index in [-0.39, 0.29) is 11.9 Å². The van der Waals surface area contributed by atoms with Gasteiger partial charge in [0.2, 0.25) is 0 Å². The van der Waals surface area contributed by atoms with Crippen LogP contribution in [-0.2, 0) is 0 Å². The number of anilines is 1. The van der Waals surface area contributed by atoms with Crippen molar-refractivity contribution in [1.82, 2.24) is 24.6 Å². The van der Waals surface area contributed by atoms with E-state index in [0.29, 0.717) is 12.2 Å². The zero-order valence-corrected chi connectivity index (χ0v) is 12.9. The van der Waals surface area contributed by atoms with Crippen LogP contribution in [0.3, 0.4) is 0 Å². The first-order valence-corrected chi connectivity index (χ1v) is 7.43. The van der Waals surface area contributed by atoms with Gasteiger partial charge in [-0.15, -0.1) is 10.2 Å². The fraction of sp³-hybridized carbons (Fsp3) is 0.467. The van der Waals surface area contributed by atoms with Crippen LogP contribution >= 0.6 is 0 Å². The smallest absolute Gasteiger partial charge is 0.274 e. The highest BCUT2D eigenvalue weighted by Gasteiger charge is 2.26. The Morgan fingerprint density at radius 1 is 1.32 bits per heavy atom. The Hall–Kier alpha value is -2.44. The number of piperidine rings is 1. The summed E-state index contributed by atoms with van der Waals surface area (Å²) < 4.78 is 2.07. The molecule has 1 atom stereocenters. The van der Waals surface area contributed by atoms with Gasteiger partial charge in [-0.2, -0.15) is 0 Å². The Labute approximate surface area is 129 Å². The van der Waals surface area contributed by atoms with Gasteiger partial charge < -0.3 is 14.4 Å². The average Bonchev–Trinajstić information content (AvgIpc) is 3.09. The maximum absolute atomic E-state index is 12.6. The number of amides is 1. The molecule has 1 fully saturated rings. The molecule has 0 saturated carbocycles. The van der Waals surface area contributed by atoms with E-state index in [2.05, 4.69) is 19.7 Å². The van der Waals surface area contributed by atoms with E-state index in [1.54, 1.807) is 12.3 Å². The van der Waals surface area contributed by atoms with Crippen molar-refractivity contribution < 1.29 is 4.79 Å². The molecule has 1 saturated heterocycles. The molecule has 3 heterocycles. The fourth-order valence-corrected chi connectivity index (χ4v) is 2.71. The lowest BCUT2D eigenvalue weighted by molar-refractivity contribution is 0.0672. The molecular formula is C15H20N6O. The van der Waals surface area contributed by atoms with Gasteiger partial charge in [0.25, 0.3) is 5.91 Å². The van der Waals surface area contributed by atoms with Crippen molar-refractivity contribution in [3.05, 3.63) is 36.5 Å². The number of rotatable bonds is 3. The molecule has 0 spiro atoms. The van der Waals surface area contributed by atoms with Gasteiger partial charge in [-0.1, -0.05) is 0 Å². The van der Waals surface area contributed by atoms with E-state index < -0.39 is 0 Å². The molecule has 7 nitrogen and oxygen atoms in total. The summed E-state index contributed by atoms with van der Waals surface area (Å²) in [5.41, 5.74) is 0.400. The molecule has 2 aromatic heterocycles. The fourth-order valence-electron chi connectivity index (χ4n) is 2.71. The third-order valence-electron chi connectivity index (χ3n) is 3.96. The van der Waals surface area contributed by atoms with Crippen LogP contribution < -0.4 is 4.90 Å². The van der Waals surface area contributed by atoms with E-state index in [1.807, 2.05) is 42.5 Å². The first-order valence-electron chi connectivity index (χ1n) is 7.43. The normalized spacial score (nSPS) is 18.3. The quantitative estimate of drug-likeness (QED) is 0.852. The second-order valence-corrected chi connectivity index (χ2v) is 5.73. The van der Waals surface area contributed by atoms with E-state index in [9.17, 15) is 4.79 Å². The molecule has 0 aromatic carbocycles. The second kappa shape index (κ2) is 6.13. The van der Waals surface area contributed by atoms with Crippen molar-refractivity contribution in [2.24, 2.45) is 0 Å². The van der Waals surface area contributed by atoms with Gasteiger partial charge in [-0.05, 0) is 25.0 Å². The van der Waals surface area contributed by atoms with Gasteiger partial charge in [0.05, 0.1) is 12.4 Å². The van der Waals surface area contributed by atoms with Crippen molar-refractivity contribution in [2.75, 3.05) is 32.1 Å². The minimum absolute atomic E-state index is 0.0531. The maximum atomic E-state index is 12.6. The molecule has 7 heteroatoms. The van der Waals surface area contributed by atoms with Crippen LogP contribution in [0.2, 0.25) is 0 Å². The molecule has 1 unspecified atom stereocenters. The second-order valence-electron chi connectivity index (χ2n) is 5.73. The minimum Gasteiger partial charge on any atom is -0.361 e. The summed E-state index contributed by atoms with van der Waals surface area (Å²) in [6, 6.07) is 3.84. The molecule has 3 rings (SSSR count). The number of hydrogen-bond donors (Lipinski definition) is 0. The molecule has 116 valence electrons. The number of aromatic nitrogens is 4. The summed E-state index contributed by atoms with van der Waals surface area (Å²) in [5, 5.41) is 8.14. The molecule has 0 bridgehead atoms. The maximum Gasteiger partial charge on any atom is 0.274 e. The standard InChI is InChI=1S/C15H20N6O/c1-19(2)14-6-5-13(17-18-14)15(22)20-8-3-4-12(10-20)21-9-7-16-11-21/h5-7,9,11-12H,3-4,8,10H2,1-2H3. The third kappa shape index (κ3) is 2.93. The van der Waals surface area contributed by atoms with Gasteiger partial charge >= 0.3 is 0 Å².